The van der Waals surface area contributed by atoms with Crippen molar-refractivity contribution in [3.63, 3.8) is 0 Å². The quantitative estimate of drug-likeness (QED) is 0.645. The molecule has 1 saturated carbocycles. The summed E-state index contributed by atoms with van der Waals surface area (Å²) in [5.41, 5.74) is 0. The first-order chi connectivity index (χ1) is 7.13. The predicted molar refractivity (Wildman–Crippen MR) is 62.7 cm³/mol. The molecule has 0 radical (unpaired) electrons. The van der Waals surface area contributed by atoms with Crippen LogP contribution in [0.5, 0.6) is 0 Å². The van der Waals surface area contributed by atoms with Gasteiger partial charge in [0.25, 0.3) is 0 Å². The van der Waals surface area contributed by atoms with Gasteiger partial charge < -0.3 is 10.4 Å². The summed E-state index contributed by atoms with van der Waals surface area (Å²) in [7, 11) is 0. The summed E-state index contributed by atoms with van der Waals surface area (Å²) in [5.74, 6) is 0.780. The Hall–Kier alpha value is -0.420. The SMILES string of the molecule is CC1CCC(NC(=O)N(S)CCO)CC1. The second-order valence-electron chi connectivity index (χ2n) is 4.25. The van der Waals surface area contributed by atoms with E-state index in [4.69, 9.17) is 5.11 Å². The molecule has 2 N–H and O–H groups in total. The summed E-state index contributed by atoms with van der Waals surface area (Å²) in [6, 6.07) is 0.0778. The Kier molecular flexibility index (Phi) is 5.25. The highest BCUT2D eigenvalue weighted by Gasteiger charge is 2.21. The number of rotatable bonds is 3. The van der Waals surface area contributed by atoms with Gasteiger partial charge in [0.1, 0.15) is 0 Å². The number of nitrogens with zero attached hydrogens (tertiary/aromatic N) is 1. The van der Waals surface area contributed by atoms with E-state index in [1.165, 1.54) is 17.1 Å². The van der Waals surface area contributed by atoms with Crippen LogP contribution < -0.4 is 5.32 Å². The Morgan fingerprint density at radius 1 is 1.47 bits per heavy atom. The van der Waals surface area contributed by atoms with Gasteiger partial charge in [-0.05, 0) is 31.6 Å². The number of hydrogen-bond acceptors (Lipinski definition) is 3. The highest BCUT2D eigenvalue weighted by molar-refractivity contribution is 7.78. The van der Waals surface area contributed by atoms with Gasteiger partial charge in [0.15, 0.2) is 0 Å². The molecule has 0 aromatic rings. The fraction of sp³-hybridized carbons (Fsp3) is 0.900. The zero-order chi connectivity index (χ0) is 11.3. The molecule has 88 valence electrons. The molecular weight excluding hydrogens is 212 g/mol. The molecule has 1 rings (SSSR count). The zero-order valence-corrected chi connectivity index (χ0v) is 10.0. The van der Waals surface area contributed by atoms with Crippen molar-refractivity contribution < 1.29 is 9.90 Å². The molecule has 0 aromatic carbocycles. The molecular formula is C10H20N2O2S. The Bertz CT molecular complexity index is 206. The zero-order valence-electron chi connectivity index (χ0n) is 9.15. The molecule has 4 nitrogen and oxygen atoms in total. The molecule has 0 unspecified atom stereocenters. The lowest BCUT2D eigenvalue weighted by molar-refractivity contribution is 0.203. The standard InChI is InChI=1S/C10H20N2O2S/c1-8-2-4-9(5-3-8)11-10(14)12(15)6-7-13/h8-9,13,15H,2-7H2,1H3,(H,11,14). The third-order valence-corrected chi connectivity index (χ3v) is 3.27. The monoisotopic (exact) mass is 232 g/mol. The lowest BCUT2D eigenvalue weighted by Gasteiger charge is -2.28. The second-order valence-corrected chi connectivity index (χ2v) is 4.74. The van der Waals surface area contributed by atoms with E-state index >= 15 is 0 Å². The Morgan fingerprint density at radius 2 is 2.07 bits per heavy atom. The van der Waals surface area contributed by atoms with E-state index < -0.39 is 0 Å². The van der Waals surface area contributed by atoms with Crippen LogP contribution in [0, 0.1) is 5.92 Å². The molecule has 0 bridgehead atoms. The minimum atomic E-state index is -0.202. The minimum absolute atomic E-state index is 0.0569. The van der Waals surface area contributed by atoms with Crippen molar-refractivity contribution in [3.05, 3.63) is 0 Å². The van der Waals surface area contributed by atoms with Crippen LogP contribution >= 0.6 is 12.8 Å². The van der Waals surface area contributed by atoms with Crippen LogP contribution in [-0.2, 0) is 0 Å². The summed E-state index contributed by atoms with van der Waals surface area (Å²) in [5, 5.41) is 11.6. The number of carbonyl (C=O) groups is 1. The largest absolute Gasteiger partial charge is 0.394 e. The maximum atomic E-state index is 11.5. The Labute approximate surface area is 96.6 Å². The van der Waals surface area contributed by atoms with Crippen LogP contribution in [0.1, 0.15) is 32.6 Å². The molecule has 0 spiro atoms. The van der Waals surface area contributed by atoms with Crippen molar-refractivity contribution in [2.75, 3.05) is 13.2 Å². The number of aliphatic hydroxyl groups is 1. The Balaban J connectivity index is 2.25. The fourth-order valence-electron chi connectivity index (χ4n) is 1.85. The normalized spacial score (nSPS) is 26.1. The molecule has 1 aliphatic rings. The molecule has 0 aromatic heterocycles. The van der Waals surface area contributed by atoms with Crippen molar-refractivity contribution >= 4 is 18.8 Å². The number of amides is 2. The molecule has 0 heterocycles. The van der Waals surface area contributed by atoms with Crippen molar-refractivity contribution in [1.29, 1.82) is 0 Å². The van der Waals surface area contributed by atoms with E-state index in [1.54, 1.807) is 0 Å². The minimum Gasteiger partial charge on any atom is -0.394 e. The maximum absolute atomic E-state index is 11.5. The average molecular weight is 232 g/mol. The van der Waals surface area contributed by atoms with Crippen molar-refractivity contribution in [2.45, 2.75) is 38.6 Å². The number of thiol groups is 1. The number of nitrogens with one attached hydrogen (secondary N) is 1. The van der Waals surface area contributed by atoms with Crippen molar-refractivity contribution in [2.24, 2.45) is 5.92 Å². The van der Waals surface area contributed by atoms with E-state index in [0.29, 0.717) is 0 Å². The summed E-state index contributed by atoms with van der Waals surface area (Å²) in [6.07, 6.45) is 4.45. The molecule has 0 atom stereocenters. The number of hydrogen-bond donors (Lipinski definition) is 3. The topological polar surface area (TPSA) is 52.6 Å². The van der Waals surface area contributed by atoms with Gasteiger partial charge in [-0.3, -0.25) is 4.31 Å². The van der Waals surface area contributed by atoms with Crippen LogP contribution in [-0.4, -0.2) is 34.6 Å². The first kappa shape index (κ1) is 12.6. The highest BCUT2D eigenvalue weighted by Crippen LogP contribution is 2.23. The van der Waals surface area contributed by atoms with Crippen LogP contribution in [0.4, 0.5) is 4.79 Å². The van der Waals surface area contributed by atoms with Gasteiger partial charge in [-0.15, -0.1) is 0 Å². The molecule has 5 heteroatoms. The summed E-state index contributed by atoms with van der Waals surface area (Å²) < 4.78 is 1.22. The molecule has 15 heavy (non-hydrogen) atoms. The van der Waals surface area contributed by atoms with Gasteiger partial charge in [0.2, 0.25) is 0 Å². The van der Waals surface area contributed by atoms with Gasteiger partial charge >= 0.3 is 6.03 Å². The third kappa shape index (κ3) is 4.30. The lowest BCUT2D eigenvalue weighted by atomic mass is 9.87. The van der Waals surface area contributed by atoms with E-state index in [1.807, 2.05) is 0 Å². The predicted octanol–water partition coefficient (Wildman–Crippen LogP) is 1.41. The fourth-order valence-corrected chi connectivity index (χ4v) is 2.00. The first-order valence-corrected chi connectivity index (χ1v) is 5.91. The molecule has 1 fully saturated rings. The smallest absolute Gasteiger partial charge is 0.327 e. The third-order valence-electron chi connectivity index (χ3n) is 2.89. The molecule has 1 aliphatic carbocycles. The molecule has 0 saturated heterocycles. The van der Waals surface area contributed by atoms with E-state index in [0.717, 1.165) is 18.8 Å². The van der Waals surface area contributed by atoms with E-state index in [-0.39, 0.29) is 25.2 Å². The van der Waals surface area contributed by atoms with Crippen LogP contribution in [0.2, 0.25) is 0 Å². The number of carbonyl (C=O) groups excluding carboxylic acids is 1. The average Bonchev–Trinajstić information content (AvgIpc) is 2.22. The summed E-state index contributed by atoms with van der Waals surface area (Å²) in [6.45, 7) is 2.45. The Morgan fingerprint density at radius 3 is 2.60 bits per heavy atom. The van der Waals surface area contributed by atoms with Gasteiger partial charge in [0, 0.05) is 6.04 Å². The highest BCUT2D eigenvalue weighted by atomic mass is 32.1. The summed E-state index contributed by atoms with van der Waals surface area (Å²) >= 11 is 3.98. The number of aliphatic hydroxyl groups excluding tert-OH is 1. The second kappa shape index (κ2) is 6.23. The van der Waals surface area contributed by atoms with Gasteiger partial charge in [-0.1, -0.05) is 19.7 Å². The number of urea groups is 1. The van der Waals surface area contributed by atoms with Crippen LogP contribution in [0.25, 0.3) is 0 Å². The van der Waals surface area contributed by atoms with Crippen molar-refractivity contribution in [1.82, 2.24) is 9.62 Å². The first-order valence-electron chi connectivity index (χ1n) is 5.51. The lowest BCUT2D eigenvalue weighted by Crippen LogP contribution is -2.43. The maximum Gasteiger partial charge on any atom is 0.327 e. The molecule has 0 aliphatic heterocycles. The van der Waals surface area contributed by atoms with Gasteiger partial charge in [-0.25, -0.2) is 4.79 Å². The van der Waals surface area contributed by atoms with Gasteiger partial charge in [0.05, 0.1) is 13.2 Å². The molecule has 2 amide bonds. The summed E-state index contributed by atoms with van der Waals surface area (Å²) in [4.78, 5) is 11.5. The van der Waals surface area contributed by atoms with Crippen LogP contribution in [0.3, 0.4) is 0 Å². The van der Waals surface area contributed by atoms with Gasteiger partial charge in [-0.2, -0.15) is 0 Å². The van der Waals surface area contributed by atoms with E-state index in [2.05, 4.69) is 25.1 Å². The van der Waals surface area contributed by atoms with Crippen LogP contribution in [0.15, 0.2) is 0 Å². The van der Waals surface area contributed by atoms with E-state index in [9.17, 15) is 4.79 Å². The van der Waals surface area contributed by atoms with Crippen molar-refractivity contribution in [3.8, 4) is 0 Å².